The summed E-state index contributed by atoms with van der Waals surface area (Å²) in [5.41, 5.74) is 27.3. The Balaban J connectivity index is 0.000000114. The summed E-state index contributed by atoms with van der Waals surface area (Å²) in [6.07, 6.45) is 0. The Morgan fingerprint density at radius 2 is 0.404 bits per heavy atom. The SMILES string of the molecule is c1ccc(-c2ccc(-c3nc(-c4cccc(-c5ccccc5)c4)nc(-c4ccc5c(c4)sc4ccc(-c6ccc7oc8ccccc8c7c6)cc45)n3)cc2)cc1.c1ccc(-c2ccc(-c3nc(-c4ccccc4)nc(-c4cccc5oc6ccccc6c45)n3)cc2)cc1.c1ccc(-c2ccc(-c3nc(-c4ccccc4-c4ccccc4)nc(-c4cccc5oc6ccccc6c45)n3)cc2)cc1. The van der Waals surface area contributed by atoms with Crippen LogP contribution in [-0.4, -0.2) is 44.9 Å². The molecule has 19 aromatic carbocycles. The largest absolute Gasteiger partial charge is 0.456 e. The Morgan fingerprint density at radius 3 is 0.890 bits per heavy atom. The van der Waals surface area contributed by atoms with Crippen LogP contribution in [0.5, 0.6) is 0 Å². The molecule has 0 atom stereocenters. The summed E-state index contributed by atoms with van der Waals surface area (Å²) in [6.45, 7) is 0. The van der Waals surface area contributed by atoms with Gasteiger partial charge >= 0.3 is 0 Å². The quantitative estimate of drug-likeness (QED) is 0.0959. The van der Waals surface area contributed by atoms with Gasteiger partial charge in [0.1, 0.15) is 33.5 Å². The third-order valence-corrected chi connectivity index (χ3v) is 26.0. The summed E-state index contributed by atoms with van der Waals surface area (Å²) in [4.78, 5) is 45.4. The second-order valence-electron chi connectivity index (χ2n) is 33.4. The zero-order chi connectivity index (χ0) is 90.2. The molecule has 638 valence electrons. The second kappa shape index (κ2) is 35.6. The number of nitrogens with zero attached hydrogens (tertiary/aromatic N) is 9. The van der Waals surface area contributed by atoms with Gasteiger partial charge in [0.05, 0.1) is 0 Å². The Bertz CT molecular complexity index is 8950. The number of rotatable bonds is 15. The van der Waals surface area contributed by atoms with Crippen LogP contribution in [-0.2, 0) is 0 Å². The van der Waals surface area contributed by atoms with Crippen LogP contribution in [0, 0.1) is 0 Å². The summed E-state index contributed by atoms with van der Waals surface area (Å²) in [5, 5.41) is 8.80. The average Bonchev–Trinajstić information content (AvgIpc) is 1.57. The predicted molar refractivity (Wildman–Crippen MR) is 556 cm³/mol. The molecule has 7 aromatic heterocycles. The molecule has 0 aliphatic carbocycles. The highest BCUT2D eigenvalue weighted by atomic mass is 32.1. The van der Waals surface area contributed by atoms with Crippen molar-refractivity contribution in [3.05, 3.63) is 467 Å². The van der Waals surface area contributed by atoms with Crippen LogP contribution in [0.15, 0.2) is 480 Å². The van der Waals surface area contributed by atoms with Gasteiger partial charge in [-0.05, 0) is 133 Å². The molecule has 26 aromatic rings. The Labute approximate surface area is 786 Å². The lowest BCUT2D eigenvalue weighted by atomic mass is 9.99. The number of fused-ring (bicyclic) bond motifs is 12. The third kappa shape index (κ3) is 16.0. The van der Waals surface area contributed by atoms with Crippen LogP contribution >= 0.6 is 11.3 Å². The summed E-state index contributed by atoms with van der Waals surface area (Å²) in [6, 6.07) is 160. The molecule has 0 saturated heterocycles. The van der Waals surface area contributed by atoms with Crippen molar-refractivity contribution in [1.82, 2.24) is 44.9 Å². The number of hydrogen-bond donors (Lipinski definition) is 0. The highest BCUT2D eigenvalue weighted by Crippen LogP contribution is 2.45. The van der Waals surface area contributed by atoms with Crippen molar-refractivity contribution in [3.63, 3.8) is 0 Å². The van der Waals surface area contributed by atoms with E-state index in [1.807, 2.05) is 152 Å². The smallest absolute Gasteiger partial charge is 0.164 e. The molecular weight excluding hydrogens is 1680 g/mol. The molecule has 0 radical (unpaired) electrons. The average molecular weight is 1760 g/mol. The number of aromatic nitrogens is 9. The second-order valence-corrected chi connectivity index (χ2v) is 34.4. The van der Waals surface area contributed by atoms with E-state index in [1.54, 1.807) is 11.3 Å². The zero-order valence-electron chi connectivity index (χ0n) is 73.1. The molecule has 26 rings (SSSR count). The van der Waals surface area contributed by atoms with E-state index >= 15 is 0 Å². The molecule has 12 nitrogen and oxygen atoms in total. The summed E-state index contributed by atoms with van der Waals surface area (Å²) in [5.74, 6) is 5.65. The van der Waals surface area contributed by atoms with Gasteiger partial charge in [0.25, 0.3) is 0 Å². The standard InChI is InChI=1S/C51H31N3OS.C39H25N3O.C33H21N3O/c1-3-10-32(11-4-1)34-18-20-35(21-19-34)49-52-50(39-15-9-14-36(28-39)33-12-5-2-6-13-33)54-51(53-49)40-22-25-42-44-30-38(24-27-47(44)56-48(42)31-40)37-23-26-46-43(29-37)41-16-7-8-17-45(41)55-46;1-3-12-26(13-4-1)27-22-24-29(25-23-27)37-40-38(31-17-8-7-16-30(31)28-14-5-2-6-15-28)42-39(41-37)33-19-11-21-35-36(33)32-18-9-10-20-34(32)43-35;1-3-10-22(11-4-1)23-18-20-25(21-19-23)32-34-31(24-12-5-2-6-13-24)35-33(36-32)27-15-9-17-29-30(27)26-14-7-8-16-28(26)37-29/h1-31H;1-25H;1-21H. The van der Waals surface area contributed by atoms with Gasteiger partial charge in [-0.1, -0.05) is 400 Å². The van der Waals surface area contributed by atoms with Crippen LogP contribution in [0.3, 0.4) is 0 Å². The molecule has 0 fully saturated rings. The Morgan fingerprint density at radius 1 is 0.132 bits per heavy atom. The lowest BCUT2D eigenvalue weighted by molar-refractivity contribution is 0.668. The predicted octanol–water partition coefficient (Wildman–Crippen LogP) is 32.7. The van der Waals surface area contributed by atoms with Crippen molar-refractivity contribution < 1.29 is 13.3 Å². The van der Waals surface area contributed by atoms with Crippen molar-refractivity contribution in [2.45, 2.75) is 0 Å². The molecule has 0 saturated carbocycles. The van der Waals surface area contributed by atoms with E-state index in [1.165, 1.54) is 48.0 Å². The topological polar surface area (TPSA) is 155 Å². The maximum Gasteiger partial charge on any atom is 0.164 e. The summed E-state index contributed by atoms with van der Waals surface area (Å²) < 4.78 is 20.9. The minimum atomic E-state index is 0.604. The molecule has 0 amide bonds. The number of para-hydroxylation sites is 3. The van der Waals surface area contributed by atoms with Crippen molar-refractivity contribution in [2.75, 3.05) is 0 Å². The molecule has 0 aliphatic rings. The van der Waals surface area contributed by atoms with Gasteiger partial charge in [-0.3, -0.25) is 0 Å². The molecule has 13 heteroatoms. The van der Waals surface area contributed by atoms with Crippen LogP contribution in [0.4, 0.5) is 0 Å². The van der Waals surface area contributed by atoms with Crippen molar-refractivity contribution in [3.8, 4) is 169 Å². The van der Waals surface area contributed by atoms with Gasteiger partial charge in [-0.2, -0.15) is 0 Å². The molecule has 0 spiro atoms. The first-order valence-corrected chi connectivity index (χ1v) is 46.0. The van der Waals surface area contributed by atoms with Crippen molar-refractivity contribution in [2.24, 2.45) is 0 Å². The number of hydrogen-bond acceptors (Lipinski definition) is 13. The molecule has 0 bridgehead atoms. The van der Waals surface area contributed by atoms with Gasteiger partial charge in [-0.25, -0.2) is 44.9 Å². The van der Waals surface area contributed by atoms with Gasteiger partial charge in [0, 0.05) is 103 Å². The molecule has 0 aliphatic heterocycles. The van der Waals surface area contributed by atoms with Crippen LogP contribution in [0.1, 0.15) is 0 Å². The third-order valence-electron chi connectivity index (χ3n) is 24.9. The molecular formula is C123H77N9O3S. The van der Waals surface area contributed by atoms with Crippen LogP contribution in [0.2, 0.25) is 0 Å². The maximum atomic E-state index is 6.21. The van der Waals surface area contributed by atoms with E-state index in [0.717, 1.165) is 155 Å². The summed E-state index contributed by atoms with van der Waals surface area (Å²) in [7, 11) is 0. The molecule has 136 heavy (non-hydrogen) atoms. The Kier molecular flexibility index (Phi) is 21.2. The van der Waals surface area contributed by atoms with E-state index in [9.17, 15) is 0 Å². The van der Waals surface area contributed by atoms with Crippen LogP contribution in [0.25, 0.3) is 255 Å². The van der Waals surface area contributed by atoms with E-state index in [0.29, 0.717) is 52.4 Å². The Hall–Kier alpha value is -18.2. The van der Waals surface area contributed by atoms with Gasteiger partial charge in [-0.15, -0.1) is 11.3 Å². The van der Waals surface area contributed by atoms with Gasteiger partial charge in [0.2, 0.25) is 0 Å². The fourth-order valence-electron chi connectivity index (χ4n) is 18.1. The fourth-order valence-corrected chi connectivity index (χ4v) is 19.2. The van der Waals surface area contributed by atoms with E-state index in [2.05, 4.69) is 315 Å². The summed E-state index contributed by atoms with van der Waals surface area (Å²) >= 11 is 1.79. The zero-order valence-corrected chi connectivity index (χ0v) is 73.9. The first kappa shape index (κ1) is 81.1. The highest BCUT2D eigenvalue weighted by molar-refractivity contribution is 7.25. The molecule has 0 unspecified atom stereocenters. The fraction of sp³-hybridized carbons (Fsp3) is 0. The molecule has 7 heterocycles. The first-order valence-electron chi connectivity index (χ1n) is 45.2. The first-order chi connectivity index (χ1) is 67.3. The van der Waals surface area contributed by atoms with Crippen molar-refractivity contribution >= 4 is 97.3 Å². The van der Waals surface area contributed by atoms with E-state index in [-0.39, 0.29) is 0 Å². The monoisotopic (exact) mass is 1760 g/mol. The lowest BCUT2D eigenvalue weighted by Gasteiger charge is -2.12. The minimum absolute atomic E-state index is 0.604. The highest BCUT2D eigenvalue weighted by Gasteiger charge is 2.24. The minimum Gasteiger partial charge on any atom is -0.456 e. The normalized spacial score (nSPS) is 11.4. The maximum absolute atomic E-state index is 6.21. The van der Waals surface area contributed by atoms with E-state index < -0.39 is 0 Å². The number of thiophene rings is 1. The number of furan rings is 3. The number of benzene rings is 19. The van der Waals surface area contributed by atoms with Crippen LogP contribution < -0.4 is 0 Å². The van der Waals surface area contributed by atoms with Gasteiger partial charge in [0.15, 0.2) is 52.4 Å². The molecule has 0 N–H and O–H groups in total. The van der Waals surface area contributed by atoms with Crippen molar-refractivity contribution in [1.29, 1.82) is 0 Å². The lowest BCUT2D eigenvalue weighted by Crippen LogP contribution is -2.01. The van der Waals surface area contributed by atoms with E-state index in [4.69, 9.17) is 58.1 Å². The van der Waals surface area contributed by atoms with Gasteiger partial charge < -0.3 is 13.3 Å².